The molecule has 1 amide bonds. The van der Waals surface area contributed by atoms with Crippen molar-refractivity contribution in [3.05, 3.63) is 30.1 Å². The molecule has 1 aromatic heterocycles. The number of carbonyl (C=O) groups is 1. The summed E-state index contributed by atoms with van der Waals surface area (Å²) in [7, 11) is 0. The van der Waals surface area contributed by atoms with Crippen LogP contribution in [-0.4, -0.2) is 72.2 Å². The van der Waals surface area contributed by atoms with Gasteiger partial charge in [-0.25, -0.2) is 0 Å². The van der Waals surface area contributed by atoms with E-state index in [1.807, 2.05) is 23.1 Å². The van der Waals surface area contributed by atoms with Crippen molar-refractivity contribution in [1.82, 2.24) is 14.8 Å². The summed E-state index contributed by atoms with van der Waals surface area (Å²) in [5.41, 5.74) is 0.961. The second-order valence-electron chi connectivity index (χ2n) is 7.25. The first-order chi connectivity index (χ1) is 12.7. The summed E-state index contributed by atoms with van der Waals surface area (Å²) in [6, 6.07) is 6.31. The molecule has 0 saturated carbocycles. The molecular formula is C20H31N3O3. The Morgan fingerprint density at radius 3 is 2.73 bits per heavy atom. The zero-order chi connectivity index (χ0) is 18.2. The molecule has 2 aliphatic rings. The lowest BCUT2D eigenvalue weighted by Gasteiger charge is -2.34. The molecule has 0 unspecified atom stereocenters. The van der Waals surface area contributed by atoms with E-state index in [0.29, 0.717) is 19.1 Å². The van der Waals surface area contributed by atoms with Crippen molar-refractivity contribution in [2.24, 2.45) is 0 Å². The van der Waals surface area contributed by atoms with Gasteiger partial charge in [0.15, 0.2) is 0 Å². The van der Waals surface area contributed by atoms with Crippen molar-refractivity contribution < 1.29 is 14.3 Å². The Morgan fingerprint density at radius 1 is 1.27 bits per heavy atom. The number of aromatic nitrogens is 1. The zero-order valence-corrected chi connectivity index (χ0v) is 15.8. The molecule has 2 fully saturated rings. The van der Waals surface area contributed by atoms with Crippen LogP contribution in [0.25, 0.3) is 0 Å². The Kier molecular flexibility index (Phi) is 7.41. The van der Waals surface area contributed by atoms with E-state index in [1.165, 1.54) is 0 Å². The van der Waals surface area contributed by atoms with E-state index >= 15 is 0 Å². The molecule has 0 spiro atoms. The molecule has 2 saturated heterocycles. The molecule has 3 rings (SSSR count). The van der Waals surface area contributed by atoms with Gasteiger partial charge in [0, 0.05) is 44.8 Å². The zero-order valence-electron chi connectivity index (χ0n) is 15.8. The van der Waals surface area contributed by atoms with Crippen LogP contribution in [0.5, 0.6) is 0 Å². The smallest absolute Gasteiger partial charge is 0.222 e. The monoisotopic (exact) mass is 361 g/mol. The number of nitrogens with zero attached hydrogens (tertiary/aromatic N) is 3. The molecule has 0 aliphatic carbocycles. The molecule has 0 radical (unpaired) electrons. The van der Waals surface area contributed by atoms with Gasteiger partial charge in [-0.3, -0.25) is 14.7 Å². The molecule has 0 N–H and O–H groups in total. The van der Waals surface area contributed by atoms with Crippen molar-refractivity contribution in [3.8, 4) is 0 Å². The maximum atomic E-state index is 12.5. The minimum Gasteiger partial charge on any atom is -0.379 e. The number of carbonyl (C=O) groups excluding carboxylic acids is 1. The number of hydrogen-bond donors (Lipinski definition) is 0. The summed E-state index contributed by atoms with van der Waals surface area (Å²) >= 11 is 0. The van der Waals surface area contributed by atoms with E-state index in [9.17, 15) is 4.79 Å². The molecule has 6 heteroatoms. The van der Waals surface area contributed by atoms with Gasteiger partial charge < -0.3 is 14.4 Å². The van der Waals surface area contributed by atoms with Crippen LogP contribution in [0, 0.1) is 0 Å². The molecule has 1 aromatic rings. The molecule has 0 bridgehead atoms. The van der Waals surface area contributed by atoms with Crippen molar-refractivity contribution >= 4 is 5.91 Å². The highest BCUT2D eigenvalue weighted by molar-refractivity contribution is 5.76. The highest BCUT2D eigenvalue weighted by Gasteiger charge is 2.24. The molecule has 1 atom stereocenters. The maximum Gasteiger partial charge on any atom is 0.222 e. The number of likely N-dealkylation sites (tertiary alicyclic amines) is 1. The SMILES string of the molecule is C[C@H](CCC(=O)N1CCC(OCc2ccccn2)CC1)N1CCOCC1. The number of amides is 1. The summed E-state index contributed by atoms with van der Waals surface area (Å²) in [6.07, 6.45) is 5.41. The fourth-order valence-corrected chi connectivity index (χ4v) is 3.65. The van der Waals surface area contributed by atoms with Crippen LogP contribution in [0.4, 0.5) is 0 Å². The van der Waals surface area contributed by atoms with Gasteiger partial charge in [0.1, 0.15) is 0 Å². The second-order valence-corrected chi connectivity index (χ2v) is 7.25. The van der Waals surface area contributed by atoms with Gasteiger partial charge in [0.05, 0.1) is 31.6 Å². The minimum atomic E-state index is 0.230. The Labute approximate surface area is 156 Å². The average Bonchev–Trinajstić information content (AvgIpc) is 2.72. The lowest BCUT2D eigenvalue weighted by Crippen LogP contribution is -2.44. The summed E-state index contributed by atoms with van der Waals surface area (Å²) in [4.78, 5) is 21.2. The van der Waals surface area contributed by atoms with Gasteiger partial charge in [-0.15, -0.1) is 0 Å². The highest BCUT2D eigenvalue weighted by atomic mass is 16.5. The standard InChI is InChI=1S/C20H31N3O3/c1-17(22-12-14-25-15-13-22)5-6-20(24)23-10-7-19(8-11-23)26-16-18-4-2-3-9-21-18/h2-4,9,17,19H,5-8,10-16H2,1H3/t17-/m1/s1. The van der Waals surface area contributed by atoms with Gasteiger partial charge in [0.25, 0.3) is 0 Å². The van der Waals surface area contributed by atoms with Crippen LogP contribution >= 0.6 is 0 Å². The number of ether oxygens (including phenoxy) is 2. The Balaban J connectivity index is 1.32. The third kappa shape index (κ3) is 5.76. The second kappa shape index (κ2) is 10.00. The predicted molar refractivity (Wildman–Crippen MR) is 99.7 cm³/mol. The van der Waals surface area contributed by atoms with Gasteiger partial charge in [-0.2, -0.15) is 0 Å². The van der Waals surface area contributed by atoms with Crippen LogP contribution in [0.3, 0.4) is 0 Å². The molecule has 0 aromatic carbocycles. The number of hydrogen-bond acceptors (Lipinski definition) is 5. The molecule has 26 heavy (non-hydrogen) atoms. The third-order valence-electron chi connectivity index (χ3n) is 5.43. The van der Waals surface area contributed by atoms with Crippen LogP contribution in [0.15, 0.2) is 24.4 Å². The quantitative estimate of drug-likeness (QED) is 0.744. The van der Waals surface area contributed by atoms with Crippen LogP contribution in [0.2, 0.25) is 0 Å². The van der Waals surface area contributed by atoms with Gasteiger partial charge in [0.2, 0.25) is 5.91 Å². The number of piperidine rings is 1. The van der Waals surface area contributed by atoms with Crippen LogP contribution < -0.4 is 0 Å². The Bertz CT molecular complexity index is 540. The first-order valence-corrected chi connectivity index (χ1v) is 9.83. The number of pyridine rings is 1. The number of rotatable bonds is 7. The van der Waals surface area contributed by atoms with E-state index in [2.05, 4.69) is 16.8 Å². The topological polar surface area (TPSA) is 54.9 Å². The molecule has 2 aliphatic heterocycles. The lowest BCUT2D eigenvalue weighted by atomic mass is 10.1. The summed E-state index contributed by atoms with van der Waals surface area (Å²) in [5.74, 6) is 0.285. The highest BCUT2D eigenvalue weighted by Crippen LogP contribution is 2.17. The summed E-state index contributed by atoms with van der Waals surface area (Å²) in [5, 5.41) is 0. The average molecular weight is 361 g/mol. The van der Waals surface area contributed by atoms with Gasteiger partial charge in [-0.1, -0.05) is 6.07 Å². The van der Waals surface area contributed by atoms with E-state index < -0.39 is 0 Å². The van der Waals surface area contributed by atoms with Crippen LogP contribution in [-0.2, 0) is 20.9 Å². The molecule has 3 heterocycles. The lowest BCUT2D eigenvalue weighted by molar-refractivity contribution is -0.134. The van der Waals surface area contributed by atoms with Crippen molar-refractivity contribution in [2.75, 3.05) is 39.4 Å². The molecule has 144 valence electrons. The Morgan fingerprint density at radius 2 is 2.04 bits per heavy atom. The van der Waals surface area contributed by atoms with E-state index in [0.717, 1.165) is 64.3 Å². The van der Waals surface area contributed by atoms with E-state index in [-0.39, 0.29) is 12.0 Å². The van der Waals surface area contributed by atoms with Gasteiger partial charge >= 0.3 is 0 Å². The number of morpholine rings is 1. The van der Waals surface area contributed by atoms with E-state index in [1.54, 1.807) is 6.20 Å². The van der Waals surface area contributed by atoms with Crippen molar-refractivity contribution in [1.29, 1.82) is 0 Å². The first kappa shape index (κ1) is 19.3. The Hall–Kier alpha value is -1.50. The van der Waals surface area contributed by atoms with Gasteiger partial charge in [-0.05, 0) is 38.3 Å². The van der Waals surface area contributed by atoms with Crippen LogP contribution in [0.1, 0.15) is 38.3 Å². The third-order valence-corrected chi connectivity index (χ3v) is 5.43. The summed E-state index contributed by atoms with van der Waals surface area (Å²) in [6.45, 7) is 7.96. The molecule has 6 nitrogen and oxygen atoms in total. The summed E-state index contributed by atoms with van der Waals surface area (Å²) < 4.78 is 11.4. The maximum absolute atomic E-state index is 12.5. The predicted octanol–water partition coefficient (Wildman–Crippen LogP) is 2.09. The van der Waals surface area contributed by atoms with E-state index in [4.69, 9.17) is 9.47 Å². The molecular weight excluding hydrogens is 330 g/mol. The largest absolute Gasteiger partial charge is 0.379 e. The fraction of sp³-hybridized carbons (Fsp3) is 0.700. The fourth-order valence-electron chi connectivity index (χ4n) is 3.65. The first-order valence-electron chi connectivity index (χ1n) is 9.83. The van der Waals surface area contributed by atoms with Crippen molar-refractivity contribution in [2.45, 2.75) is 51.4 Å². The normalized spacial score (nSPS) is 20.9. The van der Waals surface area contributed by atoms with Crippen molar-refractivity contribution in [3.63, 3.8) is 0 Å². The minimum absolute atomic E-state index is 0.230.